The van der Waals surface area contributed by atoms with Gasteiger partial charge in [0, 0.05) is 65.9 Å². The number of ketones is 1. The number of halogens is 2. The van der Waals surface area contributed by atoms with E-state index in [4.69, 9.17) is 16.3 Å². The molecule has 2 amide bonds. The number of Topliss-reactive ketones (excluding diaryl/α,β-unsaturated/α-hetero) is 1. The summed E-state index contributed by atoms with van der Waals surface area (Å²) in [6, 6.07) is 15.8. The molecule has 0 bridgehead atoms. The molecule has 10 nitrogen and oxygen atoms in total. The van der Waals surface area contributed by atoms with E-state index in [1.165, 1.54) is 6.07 Å². The van der Waals surface area contributed by atoms with Crippen LogP contribution in [-0.2, 0) is 27.9 Å². The Morgan fingerprint density at radius 3 is 2.40 bits per heavy atom. The summed E-state index contributed by atoms with van der Waals surface area (Å²) in [5, 5.41) is 7.50. The average Bonchev–Trinajstić information content (AvgIpc) is 3.16. The van der Waals surface area contributed by atoms with E-state index >= 15 is 4.39 Å². The lowest BCUT2D eigenvalue weighted by atomic mass is 9.88. The number of carbonyl (C=O) groups is 3. The Morgan fingerprint density at radius 1 is 0.962 bits per heavy atom. The Morgan fingerprint density at radius 2 is 1.70 bits per heavy atom. The molecule has 1 atom stereocenters. The summed E-state index contributed by atoms with van der Waals surface area (Å²) in [6.45, 7) is 3.28. The minimum Gasteiger partial charge on any atom is -0.496 e. The molecule has 3 aliphatic heterocycles. The van der Waals surface area contributed by atoms with Crippen LogP contribution in [0.3, 0.4) is 0 Å². The van der Waals surface area contributed by atoms with E-state index in [1.807, 2.05) is 47.5 Å². The van der Waals surface area contributed by atoms with E-state index in [2.05, 4.69) is 15.5 Å². The molecule has 1 aromatic heterocycles. The predicted molar refractivity (Wildman–Crippen MR) is 205 cm³/mol. The summed E-state index contributed by atoms with van der Waals surface area (Å²) in [5.74, 6) is 0.253. The average molecular weight is 742 g/mol. The Labute approximate surface area is 313 Å². The molecule has 3 fully saturated rings. The van der Waals surface area contributed by atoms with Crippen molar-refractivity contribution in [3.05, 3.63) is 87.6 Å². The Balaban J connectivity index is 0.903. The van der Waals surface area contributed by atoms with E-state index in [1.54, 1.807) is 30.9 Å². The smallest absolute Gasteiger partial charge is 0.258 e. The number of piperidine rings is 3. The third-order valence-electron chi connectivity index (χ3n) is 11.2. The first-order valence-electron chi connectivity index (χ1n) is 18.4. The van der Waals surface area contributed by atoms with Crippen LogP contribution in [0, 0.1) is 17.7 Å². The van der Waals surface area contributed by atoms with E-state index < -0.39 is 11.9 Å². The fourth-order valence-electron chi connectivity index (χ4n) is 8.11. The predicted octanol–water partition coefficient (Wildman–Crippen LogP) is 5.96. The highest BCUT2D eigenvalue weighted by Crippen LogP contribution is 2.38. The Hall–Kier alpha value is -4.74. The molecule has 0 radical (unpaired) electrons. The number of hydrogen-bond donors (Lipinski definition) is 2. The van der Waals surface area contributed by atoms with Crippen molar-refractivity contribution in [1.82, 2.24) is 14.8 Å². The highest BCUT2D eigenvalue weighted by Gasteiger charge is 2.30. The maximum Gasteiger partial charge on any atom is 0.258 e. The molecule has 0 aliphatic carbocycles. The summed E-state index contributed by atoms with van der Waals surface area (Å²) >= 11 is 6.94. The number of pyridine rings is 1. The van der Waals surface area contributed by atoms with Crippen LogP contribution in [0.2, 0.25) is 5.02 Å². The number of rotatable bonds is 10. The minimum atomic E-state index is -0.577. The molecule has 4 heterocycles. The van der Waals surface area contributed by atoms with E-state index in [0.29, 0.717) is 66.6 Å². The van der Waals surface area contributed by atoms with Gasteiger partial charge < -0.3 is 19.5 Å². The van der Waals surface area contributed by atoms with Crippen molar-refractivity contribution in [3.8, 4) is 16.9 Å². The van der Waals surface area contributed by atoms with Gasteiger partial charge in [-0.25, -0.2) is 4.39 Å². The minimum absolute atomic E-state index is 0.0450. The first-order valence-corrected chi connectivity index (χ1v) is 18.8. The van der Waals surface area contributed by atoms with Crippen molar-refractivity contribution in [3.63, 3.8) is 0 Å². The Kier molecular flexibility index (Phi) is 10.8. The number of anilines is 2. The largest absolute Gasteiger partial charge is 0.496 e. The second-order valence-corrected chi connectivity index (χ2v) is 15.0. The van der Waals surface area contributed by atoms with Crippen LogP contribution in [0.1, 0.15) is 44.1 Å². The lowest BCUT2D eigenvalue weighted by Crippen LogP contribution is -2.47. The van der Waals surface area contributed by atoms with Crippen molar-refractivity contribution in [2.45, 2.75) is 51.0 Å². The van der Waals surface area contributed by atoms with Crippen molar-refractivity contribution in [2.75, 3.05) is 50.1 Å². The normalized spacial score (nSPS) is 19.0. The van der Waals surface area contributed by atoms with Crippen molar-refractivity contribution in [1.29, 1.82) is 0 Å². The van der Waals surface area contributed by atoms with Gasteiger partial charge in [0.15, 0.2) is 0 Å². The van der Waals surface area contributed by atoms with Crippen LogP contribution in [0.15, 0.2) is 65.6 Å². The number of likely N-dealkylation sites (tertiary alicyclic amines) is 1. The molecule has 4 aromatic rings. The van der Waals surface area contributed by atoms with Gasteiger partial charge in [-0.2, -0.15) is 0 Å². The fraction of sp³-hybridized carbons (Fsp3) is 0.415. The molecule has 3 aliphatic rings. The number of imide groups is 1. The molecule has 53 heavy (non-hydrogen) atoms. The lowest BCUT2D eigenvalue weighted by molar-refractivity contribution is -0.133. The SMILES string of the molecule is COc1cc(-c2cn(C)c(=O)c3ccccc23)cc(Cl)c1CC1CCN(CC(=O)C2CCN(c3ccc(NC4CCC(=O)NC4=O)cc3F)CC2)CC1. The fourth-order valence-corrected chi connectivity index (χ4v) is 8.40. The van der Waals surface area contributed by atoms with Crippen molar-refractivity contribution >= 4 is 51.3 Å². The topological polar surface area (TPSA) is 113 Å². The Bertz CT molecular complexity index is 2100. The van der Waals surface area contributed by atoms with Crippen molar-refractivity contribution in [2.24, 2.45) is 18.9 Å². The first kappa shape index (κ1) is 36.6. The zero-order valence-electron chi connectivity index (χ0n) is 30.1. The lowest BCUT2D eigenvalue weighted by Gasteiger charge is -2.35. The number of nitrogens with one attached hydrogen (secondary N) is 2. The van der Waals surface area contributed by atoms with Gasteiger partial charge in [-0.05, 0) is 105 Å². The van der Waals surface area contributed by atoms with Gasteiger partial charge in [-0.15, -0.1) is 0 Å². The summed E-state index contributed by atoms with van der Waals surface area (Å²) in [6.07, 6.45) is 6.49. The van der Waals surface area contributed by atoms with Crippen LogP contribution >= 0.6 is 11.6 Å². The number of aryl methyl sites for hydroxylation is 1. The van der Waals surface area contributed by atoms with Gasteiger partial charge in [0.1, 0.15) is 23.4 Å². The van der Waals surface area contributed by atoms with Gasteiger partial charge in [0.25, 0.3) is 5.56 Å². The van der Waals surface area contributed by atoms with Crippen LogP contribution < -0.4 is 25.8 Å². The monoisotopic (exact) mass is 741 g/mol. The maximum absolute atomic E-state index is 15.2. The number of aromatic nitrogens is 1. The summed E-state index contributed by atoms with van der Waals surface area (Å²) in [4.78, 5) is 53.9. The number of ether oxygens (including phenoxy) is 1. The molecule has 278 valence electrons. The van der Waals surface area contributed by atoms with Crippen LogP contribution in [-0.4, -0.2) is 72.9 Å². The standard InChI is InChI=1S/C41H45ClFN5O5/c1-46-23-32(29-5-3-4-6-30(29)41(46)52)27-20-33(42)31(38(21-27)53-2)19-25-11-15-47(16-12-25)24-37(49)26-13-17-48(18-14-26)36-9-7-28(22-34(36)43)44-35-8-10-39(50)45-40(35)51/h3-7,9,20-23,25-26,35,44H,8,10-19,24H2,1-2H3,(H,45,50,51). The van der Waals surface area contributed by atoms with Gasteiger partial charge in [0.05, 0.1) is 19.3 Å². The van der Waals surface area contributed by atoms with Crippen LogP contribution in [0.5, 0.6) is 5.75 Å². The van der Waals surface area contributed by atoms with Gasteiger partial charge in [-0.3, -0.25) is 29.4 Å². The number of hydrogen-bond acceptors (Lipinski definition) is 8. The van der Waals surface area contributed by atoms with E-state index in [9.17, 15) is 19.2 Å². The molecule has 3 aromatic carbocycles. The zero-order chi connectivity index (χ0) is 37.2. The highest BCUT2D eigenvalue weighted by molar-refractivity contribution is 6.32. The van der Waals surface area contributed by atoms with Crippen LogP contribution in [0.25, 0.3) is 21.9 Å². The molecule has 2 N–H and O–H groups in total. The van der Waals surface area contributed by atoms with E-state index in [0.717, 1.165) is 60.2 Å². The quantitative estimate of drug-likeness (QED) is 0.192. The number of amides is 2. The second kappa shape index (κ2) is 15.7. The molecular formula is C41H45ClFN5O5. The van der Waals surface area contributed by atoms with Crippen LogP contribution in [0.4, 0.5) is 15.8 Å². The first-order chi connectivity index (χ1) is 25.6. The molecule has 3 saturated heterocycles. The summed E-state index contributed by atoms with van der Waals surface area (Å²) < 4.78 is 22.6. The maximum atomic E-state index is 15.2. The molecule has 12 heteroatoms. The number of methoxy groups -OCH3 is 1. The van der Waals surface area contributed by atoms with Gasteiger partial charge >= 0.3 is 0 Å². The van der Waals surface area contributed by atoms with Crippen molar-refractivity contribution < 1.29 is 23.5 Å². The molecular weight excluding hydrogens is 697 g/mol. The molecule has 0 spiro atoms. The second-order valence-electron chi connectivity index (χ2n) is 14.6. The molecule has 1 unspecified atom stereocenters. The number of benzene rings is 3. The highest BCUT2D eigenvalue weighted by atomic mass is 35.5. The third-order valence-corrected chi connectivity index (χ3v) is 11.5. The zero-order valence-corrected chi connectivity index (χ0v) is 30.9. The number of nitrogens with zero attached hydrogens (tertiary/aromatic N) is 3. The summed E-state index contributed by atoms with van der Waals surface area (Å²) in [5.41, 5.74) is 3.71. The number of fused-ring (bicyclic) bond motifs is 1. The molecule has 0 saturated carbocycles. The number of carbonyl (C=O) groups excluding carboxylic acids is 3. The molecule has 7 rings (SSSR count). The van der Waals surface area contributed by atoms with Gasteiger partial charge in [-0.1, -0.05) is 29.8 Å². The third kappa shape index (κ3) is 7.96. The van der Waals surface area contributed by atoms with E-state index in [-0.39, 0.29) is 35.4 Å². The summed E-state index contributed by atoms with van der Waals surface area (Å²) in [7, 11) is 3.42. The van der Waals surface area contributed by atoms with Gasteiger partial charge in [0.2, 0.25) is 11.8 Å².